The van der Waals surface area contributed by atoms with E-state index in [1.54, 1.807) is 30.7 Å². The molecule has 35 heavy (non-hydrogen) atoms. The molecule has 0 aliphatic heterocycles. The van der Waals surface area contributed by atoms with Crippen LogP contribution in [0.15, 0.2) is 48.7 Å². The highest BCUT2D eigenvalue weighted by atomic mass is 35.5. The summed E-state index contributed by atoms with van der Waals surface area (Å²) in [6.45, 7) is 2.53. The number of hydrogen-bond acceptors (Lipinski definition) is 4. The molecule has 2 aromatic carbocycles. The first-order valence-electron chi connectivity index (χ1n) is 11.4. The highest BCUT2D eigenvalue weighted by molar-refractivity contribution is 6.42. The van der Waals surface area contributed by atoms with Gasteiger partial charge in [-0.3, -0.25) is 14.8 Å². The number of benzene rings is 2. The third kappa shape index (κ3) is 7.01. The number of aryl methyl sites for hydroxylation is 2. The van der Waals surface area contributed by atoms with Gasteiger partial charge in [0, 0.05) is 19.8 Å². The van der Waals surface area contributed by atoms with Crippen LogP contribution in [0.5, 0.6) is 5.75 Å². The van der Waals surface area contributed by atoms with Crippen molar-refractivity contribution >= 4 is 35.0 Å². The molecule has 186 valence electrons. The van der Waals surface area contributed by atoms with E-state index in [0.29, 0.717) is 22.2 Å². The van der Waals surface area contributed by atoms with Crippen LogP contribution in [0.4, 0.5) is 0 Å². The van der Waals surface area contributed by atoms with Crippen molar-refractivity contribution in [3.8, 4) is 5.75 Å². The number of halogens is 2. The van der Waals surface area contributed by atoms with Gasteiger partial charge in [0.2, 0.25) is 0 Å². The van der Waals surface area contributed by atoms with Crippen molar-refractivity contribution in [1.29, 1.82) is 0 Å². The standard InChI is InChI=1S/C26H29Cl2N3O4/c1-3-4-5-6-17-7-9-18(10-8-17)14-29-26(33)23-24(20(15-31(23)2)25(32)30-34)35-16-19-11-12-21(27)22(28)13-19/h7-13,15,34H,3-6,14,16H2,1-2H3,(H,29,33)(H,30,32). The molecule has 0 aliphatic carbocycles. The van der Waals surface area contributed by atoms with Gasteiger partial charge in [0.25, 0.3) is 11.8 Å². The molecular formula is C26H29Cl2N3O4. The monoisotopic (exact) mass is 517 g/mol. The van der Waals surface area contributed by atoms with E-state index < -0.39 is 11.8 Å². The van der Waals surface area contributed by atoms with E-state index in [1.807, 2.05) is 12.1 Å². The lowest BCUT2D eigenvalue weighted by atomic mass is 10.1. The number of hydroxylamine groups is 1. The quantitative estimate of drug-likeness (QED) is 0.173. The zero-order valence-corrected chi connectivity index (χ0v) is 21.2. The molecule has 0 unspecified atom stereocenters. The van der Waals surface area contributed by atoms with Crippen LogP contribution in [0, 0.1) is 0 Å². The maximum absolute atomic E-state index is 13.1. The minimum absolute atomic E-state index is 0.0247. The van der Waals surface area contributed by atoms with Crippen LogP contribution in [0.1, 0.15) is 63.7 Å². The lowest BCUT2D eigenvalue weighted by Crippen LogP contribution is -2.25. The molecule has 1 aromatic heterocycles. The van der Waals surface area contributed by atoms with E-state index in [0.717, 1.165) is 18.4 Å². The topological polar surface area (TPSA) is 92.6 Å². The van der Waals surface area contributed by atoms with E-state index in [2.05, 4.69) is 24.4 Å². The maximum atomic E-state index is 13.1. The Hall–Kier alpha value is -3.00. The van der Waals surface area contributed by atoms with Gasteiger partial charge in [-0.25, -0.2) is 5.48 Å². The summed E-state index contributed by atoms with van der Waals surface area (Å²) in [4.78, 5) is 25.3. The lowest BCUT2D eigenvalue weighted by molar-refractivity contribution is 0.0702. The third-order valence-electron chi connectivity index (χ3n) is 5.61. The van der Waals surface area contributed by atoms with Crippen molar-refractivity contribution in [3.63, 3.8) is 0 Å². The number of ether oxygens (including phenoxy) is 1. The van der Waals surface area contributed by atoms with Crippen LogP contribution in [0.25, 0.3) is 0 Å². The van der Waals surface area contributed by atoms with E-state index >= 15 is 0 Å². The van der Waals surface area contributed by atoms with Crippen LogP contribution < -0.4 is 15.5 Å². The Kier molecular flexibility index (Phi) is 9.60. The molecule has 3 aromatic rings. The summed E-state index contributed by atoms with van der Waals surface area (Å²) in [7, 11) is 1.63. The molecule has 1 heterocycles. The number of hydrogen-bond donors (Lipinski definition) is 3. The van der Waals surface area contributed by atoms with Crippen LogP contribution in [-0.4, -0.2) is 21.6 Å². The number of nitrogens with one attached hydrogen (secondary N) is 2. The van der Waals surface area contributed by atoms with Gasteiger partial charge in [-0.2, -0.15) is 0 Å². The van der Waals surface area contributed by atoms with Crippen molar-refractivity contribution in [2.75, 3.05) is 0 Å². The third-order valence-corrected chi connectivity index (χ3v) is 6.35. The second-order valence-corrected chi connectivity index (χ2v) is 9.08. The number of amides is 2. The number of rotatable bonds is 11. The minimum atomic E-state index is -0.789. The average molecular weight is 518 g/mol. The summed E-state index contributed by atoms with van der Waals surface area (Å²) < 4.78 is 7.36. The number of carbonyl (C=O) groups is 2. The summed E-state index contributed by atoms with van der Waals surface area (Å²) in [5.41, 5.74) is 4.70. The maximum Gasteiger partial charge on any atom is 0.279 e. The number of nitrogens with zero attached hydrogens (tertiary/aromatic N) is 1. The Balaban J connectivity index is 1.74. The molecule has 0 saturated heterocycles. The predicted molar refractivity (Wildman–Crippen MR) is 136 cm³/mol. The SMILES string of the molecule is CCCCCc1ccc(CNC(=O)c2c(OCc3ccc(Cl)c(Cl)c3)c(C(=O)NO)cn2C)cc1. The highest BCUT2D eigenvalue weighted by Gasteiger charge is 2.26. The van der Waals surface area contributed by atoms with E-state index in [4.69, 9.17) is 33.1 Å². The zero-order valence-electron chi connectivity index (χ0n) is 19.7. The van der Waals surface area contributed by atoms with Gasteiger partial charge in [0.15, 0.2) is 5.75 Å². The highest BCUT2D eigenvalue weighted by Crippen LogP contribution is 2.29. The molecule has 0 bridgehead atoms. The molecule has 3 rings (SSSR count). The summed E-state index contributed by atoms with van der Waals surface area (Å²) >= 11 is 12.0. The van der Waals surface area contributed by atoms with Crippen molar-refractivity contribution in [2.45, 2.75) is 45.8 Å². The Bertz CT molecular complexity index is 1180. The molecule has 0 radical (unpaired) electrons. The molecule has 0 fully saturated rings. The fourth-order valence-corrected chi connectivity index (χ4v) is 4.01. The second-order valence-electron chi connectivity index (χ2n) is 8.27. The van der Waals surface area contributed by atoms with Gasteiger partial charge in [-0.05, 0) is 41.7 Å². The first kappa shape index (κ1) is 26.6. The van der Waals surface area contributed by atoms with Crippen molar-refractivity contribution in [3.05, 3.63) is 86.7 Å². The first-order chi connectivity index (χ1) is 16.8. The summed E-state index contributed by atoms with van der Waals surface area (Å²) in [6, 6.07) is 13.2. The molecule has 2 amide bonds. The van der Waals surface area contributed by atoms with Gasteiger partial charge in [-0.1, -0.05) is 73.3 Å². The fourth-order valence-electron chi connectivity index (χ4n) is 3.69. The van der Waals surface area contributed by atoms with Crippen molar-refractivity contribution in [1.82, 2.24) is 15.4 Å². The molecule has 3 N–H and O–H groups in total. The van der Waals surface area contributed by atoms with E-state index in [1.165, 1.54) is 29.2 Å². The second kappa shape index (κ2) is 12.6. The van der Waals surface area contributed by atoms with Crippen LogP contribution in [0.2, 0.25) is 10.0 Å². The first-order valence-corrected chi connectivity index (χ1v) is 12.2. The Labute approximate surface area is 215 Å². The smallest absolute Gasteiger partial charge is 0.279 e. The molecule has 0 saturated carbocycles. The molecule has 0 aliphatic rings. The lowest BCUT2D eigenvalue weighted by Gasteiger charge is -2.12. The van der Waals surface area contributed by atoms with Gasteiger partial charge >= 0.3 is 0 Å². The predicted octanol–water partition coefficient (Wildman–Crippen LogP) is 5.69. The largest absolute Gasteiger partial charge is 0.486 e. The fraction of sp³-hybridized carbons (Fsp3) is 0.308. The van der Waals surface area contributed by atoms with Crippen molar-refractivity contribution in [2.24, 2.45) is 7.05 Å². The van der Waals surface area contributed by atoms with Gasteiger partial charge in [0.05, 0.1) is 10.0 Å². The normalized spacial score (nSPS) is 10.8. The Morgan fingerprint density at radius 2 is 1.66 bits per heavy atom. The van der Waals surface area contributed by atoms with E-state index in [9.17, 15) is 9.59 Å². The summed E-state index contributed by atoms with van der Waals surface area (Å²) in [5, 5.41) is 12.8. The van der Waals surface area contributed by atoms with Crippen LogP contribution in [-0.2, 0) is 26.6 Å². The molecule has 0 atom stereocenters. The van der Waals surface area contributed by atoms with Crippen molar-refractivity contribution < 1.29 is 19.5 Å². The Morgan fingerprint density at radius 1 is 0.971 bits per heavy atom. The zero-order chi connectivity index (χ0) is 25.4. The number of unbranched alkanes of at least 4 members (excludes halogenated alkanes) is 2. The molecular weight excluding hydrogens is 489 g/mol. The van der Waals surface area contributed by atoms with E-state index in [-0.39, 0.29) is 23.6 Å². The molecule has 7 nitrogen and oxygen atoms in total. The van der Waals surface area contributed by atoms with Crippen LogP contribution in [0.3, 0.4) is 0 Å². The minimum Gasteiger partial charge on any atom is -0.486 e. The number of aromatic nitrogens is 1. The summed E-state index contributed by atoms with van der Waals surface area (Å²) in [5.74, 6) is -1.16. The molecule has 9 heteroatoms. The van der Waals surface area contributed by atoms with Gasteiger partial charge < -0.3 is 14.6 Å². The van der Waals surface area contributed by atoms with Crippen LogP contribution >= 0.6 is 23.2 Å². The number of carbonyl (C=O) groups excluding carboxylic acids is 2. The average Bonchev–Trinajstić information content (AvgIpc) is 3.19. The Morgan fingerprint density at radius 3 is 2.31 bits per heavy atom. The summed E-state index contributed by atoms with van der Waals surface area (Å²) in [6.07, 6.45) is 6.02. The van der Waals surface area contributed by atoms with Gasteiger partial charge in [-0.15, -0.1) is 0 Å². The molecule has 0 spiro atoms. The van der Waals surface area contributed by atoms with Gasteiger partial charge in [0.1, 0.15) is 17.9 Å².